The largest absolute Gasteiger partial charge is 0.411 e. The summed E-state index contributed by atoms with van der Waals surface area (Å²) in [7, 11) is 0. The molecule has 0 saturated heterocycles. The van der Waals surface area contributed by atoms with Gasteiger partial charge in [-0.3, -0.25) is 9.59 Å². The van der Waals surface area contributed by atoms with Crippen LogP contribution < -0.4 is 11.1 Å². The molecule has 2 aromatic heterocycles. The highest BCUT2D eigenvalue weighted by molar-refractivity contribution is 8.00. The number of benzene rings is 1. The number of hydrogen-bond donors (Lipinski definition) is 2. The maximum Gasteiger partial charge on any atom is 0.277 e. The summed E-state index contributed by atoms with van der Waals surface area (Å²) in [4.78, 5) is 23.7. The third-order valence-corrected chi connectivity index (χ3v) is 5.25. The summed E-state index contributed by atoms with van der Waals surface area (Å²) < 4.78 is 5.63. The number of nitrogens with zero attached hydrogens (tertiary/aromatic N) is 2. The van der Waals surface area contributed by atoms with E-state index in [9.17, 15) is 9.59 Å². The Hall–Kier alpha value is -2.65. The van der Waals surface area contributed by atoms with Crippen LogP contribution in [0, 0.1) is 6.92 Å². The maximum absolute atomic E-state index is 12.3. The van der Waals surface area contributed by atoms with Gasteiger partial charge in [-0.2, -0.15) is 0 Å². The predicted octanol–water partition coefficient (Wildman–Crippen LogP) is 3.32. The summed E-state index contributed by atoms with van der Waals surface area (Å²) >= 11 is 2.38. The van der Waals surface area contributed by atoms with E-state index in [0.717, 1.165) is 22.9 Å². The summed E-state index contributed by atoms with van der Waals surface area (Å²) in [5, 5.41) is 12.6. The number of carbonyl (C=O) groups excluding carboxylic acids is 2. The Kier molecular flexibility index (Phi) is 5.38. The number of rotatable bonds is 6. The van der Waals surface area contributed by atoms with Crippen molar-refractivity contribution in [3.05, 3.63) is 46.8 Å². The fourth-order valence-electron chi connectivity index (χ4n) is 2.17. The highest BCUT2D eigenvalue weighted by Crippen LogP contribution is 2.28. The molecule has 0 fully saturated rings. The quantitative estimate of drug-likeness (QED) is 0.627. The first-order valence-electron chi connectivity index (χ1n) is 7.69. The molecule has 2 amide bonds. The molecule has 0 bridgehead atoms. The Morgan fingerprint density at radius 1 is 1.31 bits per heavy atom. The summed E-state index contributed by atoms with van der Waals surface area (Å²) in [6.07, 6.45) is 0. The smallest absolute Gasteiger partial charge is 0.277 e. The highest BCUT2D eigenvalue weighted by atomic mass is 32.2. The minimum absolute atomic E-state index is 0.282. The van der Waals surface area contributed by atoms with Crippen molar-refractivity contribution >= 4 is 39.9 Å². The van der Waals surface area contributed by atoms with Crippen molar-refractivity contribution in [3.8, 4) is 11.5 Å². The molecule has 3 rings (SSSR count). The molecule has 7 nitrogen and oxygen atoms in total. The summed E-state index contributed by atoms with van der Waals surface area (Å²) in [6, 6.07) is 9.29. The van der Waals surface area contributed by atoms with Gasteiger partial charge in [-0.15, -0.1) is 21.5 Å². The van der Waals surface area contributed by atoms with Gasteiger partial charge in [0.25, 0.3) is 11.1 Å². The highest BCUT2D eigenvalue weighted by Gasteiger charge is 2.21. The fraction of sp³-hybridized carbons (Fsp3) is 0.176. The Morgan fingerprint density at radius 3 is 2.85 bits per heavy atom. The molecule has 3 N–H and O–H groups in total. The lowest BCUT2D eigenvalue weighted by atomic mass is 10.1. The predicted molar refractivity (Wildman–Crippen MR) is 101 cm³/mol. The molecule has 0 unspecified atom stereocenters. The molecule has 1 atom stereocenters. The van der Waals surface area contributed by atoms with Crippen LogP contribution in [0.3, 0.4) is 0 Å². The zero-order valence-electron chi connectivity index (χ0n) is 14.1. The molecule has 0 spiro atoms. The molecular formula is C17H16N4O3S2. The average Bonchev–Trinajstić information content (AvgIpc) is 3.24. The molecule has 1 aromatic carbocycles. The van der Waals surface area contributed by atoms with E-state index >= 15 is 0 Å². The number of amides is 2. The molecule has 0 aliphatic heterocycles. The first kappa shape index (κ1) is 18.2. The van der Waals surface area contributed by atoms with Crippen molar-refractivity contribution in [1.29, 1.82) is 0 Å². The van der Waals surface area contributed by atoms with E-state index in [4.69, 9.17) is 10.2 Å². The first-order chi connectivity index (χ1) is 12.4. The Labute approximate surface area is 158 Å². The van der Waals surface area contributed by atoms with Gasteiger partial charge in [-0.25, -0.2) is 0 Å². The van der Waals surface area contributed by atoms with Crippen LogP contribution in [0.5, 0.6) is 0 Å². The van der Waals surface area contributed by atoms with Crippen molar-refractivity contribution < 1.29 is 14.0 Å². The molecular weight excluding hydrogens is 372 g/mol. The van der Waals surface area contributed by atoms with Crippen LogP contribution in [0.2, 0.25) is 0 Å². The van der Waals surface area contributed by atoms with Gasteiger partial charge in [0.05, 0.1) is 10.8 Å². The van der Waals surface area contributed by atoms with Crippen LogP contribution in [0.15, 0.2) is 45.4 Å². The number of aromatic nitrogens is 2. The van der Waals surface area contributed by atoms with Gasteiger partial charge in [-0.1, -0.05) is 29.5 Å². The zero-order valence-corrected chi connectivity index (χ0v) is 15.7. The zero-order chi connectivity index (χ0) is 18.7. The van der Waals surface area contributed by atoms with E-state index in [-0.39, 0.29) is 5.91 Å². The van der Waals surface area contributed by atoms with Gasteiger partial charge in [-0.05, 0) is 37.4 Å². The number of thiophene rings is 1. The summed E-state index contributed by atoms with van der Waals surface area (Å²) in [6.45, 7) is 3.70. The van der Waals surface area contributed by atoms with Crippen LogP contribution in [-0.4, -0.2) is 27.3 Å². The van der Waals surface area contributed by atoms with Gasteiger partial charge in [0.1, 0.15) is 5.00 Å². The first-order valence-corrected chi connectivity index (χ1v) is 9.45. The van der Waals surface area contributed by atoms with Crippen LogP contribution >= 0.6 is 23.1 Å². The lowest BCUT2D eigenvalue weighted by molar-refractivity contribution is -0.115. The number of nitrogens with one attached hydrogen (secondary N) is 1. The Bertz CT molecular complexity index is 951. The van der Waals surface area contributed by atoms with Crippen LogP contribution in [0.4, 0.5) is 5.00 Å². The third-order valence-electron chi connectivity index (χ3n) is 3.49. The number of nitrogens with two attached hydrogens (primary N) is 1. The Morgan fingerprint density at radius 2 is 2.12 bits per heavy atom. The number of anilines is 1. The van der Waals surface area contributed by atoms with Crippen molar-refractivity contribution in [2.75, 3.05) is 5.32 Å². The van der Waals surface area contributed by atoms with Crippen LogP contribution in [0.25, 0.3) is 11.5 Å². The number of carbonyl (C=O) groups is 2. The van der Waals surface area contributed by atoms with Crippen molar-refractivity contribution in [1.82, 2.24) is 10.2 Å². The van der Waals surface area contributed by atoms with E-state index in [2.05, 4.69) is 15.5 Å². The van der Waals surface area contributed by atoms with Crippen molar-refractivity contribution in [2.45, 2.75) is 24.3 Å². The molecule has 26 heavy (non-hydrogen) atoms. The van der Waals surface area contributed by atoms with Crippen molar-refractivity contribution in [3.63, 3.8) is 0 Å². The second-order valence-electron chi connectivity index (χ2n) is 5.52. The third kappa shape index (κ3) is 4.12. The Balaban J connectivity index is 1.66. The molecule has 134 valence electrons. The minimum atomic E-state index is -0.582. The number of hydrogen-bond acceptors (Lipinski definition) is 7. The minimum Gasteiger partial charge on any atom is -0.411 e. The monoisotopic (exact) mass is 388 g/mol. The second kappa shape index (κ2) is 7.71. The lowest BCUT2D eigenvalue weighted by Crippen LogP contribution is -2.23. The van der Waals surface area contributed by atoms with Crippen LogP contribution in [-0.2, 0) is 4.79 Å². The standard InChI is InChI=1S/C17H16N4O3S2/c1-9-4-3-5-11(8-9)15-20-21-17(24-15)26-10(2)14(23)19-16-12(13(18)22)6-7-25-16/h3-8,10H,1-2H3,(H2,18,22)(H,19,23)/t10-/m0/s1. The van der Waals surface area contributed by atoms with Gasteiger partial charge in [0, 0.05) is 5.56 Å². The molecule has 0 aliphatic rings. The summed E-state index contributed by atoms with van der Waals surface area (Å²) in [5.41, 5.74) is 7.48. The number of thioether (sulfide) groups is 1. The van der Waals surface area contributed by atoms with Crippen molar-refractivity contribution in [2.24, 2.45) is 5.73 Å². The van der Waals surface area contributed by atoms with E-state index in [1.807, 2.05) is 31.2 Å². The molecule has 3 aromatic rings. The molecule has 0 aliphatic carbocycles. The van der Waals surface area contributed by atoms with E-state index < -0.39 is 11.2 Å². The second-order valence-corrected chi connectivity index (χ2v) is 7.73. The van der Waals surface area contributed by atoms with Gasteiger partial charge in [0.15, 0.2) is 0 Å². The van der Waals surface area contributed by atoms with E-state index in [0.29, 0.717) is 21.7 Å². The molecule has 0 radical (unpaired) electrons. The van der Waals surface area contributed by atoms with Gasteiger partial charge < -0.3 is 15.5 Å². The lowest BCUT2D eigenvalue weighted by Gasteiger charge is -2.09. The number of aryl methyl sites for hydroxylation is 1. The topological polar surface area (TPSA) is 111 Å². The average molecular weight is 388 g/mol. The van der Waals surface area contributed by atoms with Gasteiger partial charge in [0.2, 0.25) is 11.8 Å². The number of primary amides is 1. The van der Waals surface area contributed by atoms with E-state index in [1.54, 1.807) is 18.4 Å². The van der Waals surface area contributed by atoms with E-state index in [1.165, 1.54) is 11.3 Å². The fourth-order valence-corrected chi connectivity index (χ4v) is 3.65. The molecule has 0 saturated carbocycles. The van der Waals surface area contributed by atoms with Crippen LogP contribution in [0.1, 0.15) is 22.8 Å². The molecule has 2 heterocycles. The molecule has 9 heteroatoms. The van der Waals surface area contributed by atoms with Gasteiger partial charge >= 0.3 is 0 Å². The summed E-state index contributed by atoms with van der Waals surface area (Å²) in [5.74, 6) is -0.463. The normalized spacial score (nSPS) is 11.9. The SMILES string of the molecule is Cc1cccc(-c2nnc(S[C@@H](C)C(=O)Nc3sccc3C(N)=O)o2)c1. The maximum atomic E-state index is 12.3.